The van der Waals surface area contributed by atoms with Crippen molar-refractivity contribution in [1.82, 2.24) is 5.06 Å². The summed E-state index contributed by atoms with van der Waals surface area (Å²) in [6.45, 7) is 6.80. The first-order valence-corrected chi connectivity index (χ1v) is 4.80. The normalized spacial score (nSPS) is 22.7. The molecule has 0 aromatic heterocycles. The van der Waals surface area contributed by atoms with Gasteiger partial charge in [-0.25, -0.2) is 4.79 Å². The van der Waals surface area contributed by atoms with Crippen molar-refractivity contribution in [2.75, 3.05) is 6.54 Å². The number of hydroxylamine groups is 2. The number of nitrogens with zero attached hydrogens (tertiary/aromatic N) is 1. The van der Waals surface area contributed by atoms with Gasteiger partial charge in [-0.3, -0.25) is 4.79 Å². The van der Waals surface area contributed by atoms with Crippen molar-refractivity contribution < 1.29 is 19.5 Å². The van der Waals surface area contributed by atoms with Crippen LogP contribution >= 0.6 is 0 Å². The highest BCUT2D eigenvalue weighted by atomic mass is 16.7. The Balaban J connectivity index is 2.57. The van der Waals surface area contributed by atoms with E-state index in [2.05, 4.69) is 6.58 Å². The third kappa shape index (κ3) is 2.56. The summed E-state index contributed by atoms with van der Waals surface area (Å²) >= 11 is 0. The maximum absolute atomic E-state index is 11.6. The number of hydrogen-bond acceptors (Lipinski definition) is 4. The zero-order chi connectivity index (χ0) is 11.6. The molecule has 1 rings (SSSR count). The Morgan fingerprint density at radius 2 is 2.33 bits per heavy atom. The fourth-order valence-electron chi connectivity index (χ4n) is 1.39. The van der Waals surface area contributed by atoms with Crippen LogP contribution in [0.25, 0.3) is 0 Å². The molecule has 0 saturated carbocycles. The average molecular weight is 213 g/mol. The highest BCUT2D eigenvalue weighted by Gasteiger charge is 2.37. The van der Waals surface area contributed by atoms with Gasteiger partial charge in [0.1, 0.15) is 0 Å². The number of aliphatic hydroxyl groups is 1. The molecule has 1 amide bonds. The lowest BCUT2D eigenvalue weighted by Crippen LogP contribution is -2.33. The first kappa shape index (κ1) is 11.7. The molecule has 0 radical (unpaired) electrons. The van der Waals surface area contributed by atoms with Gasteiger partial charge in [0, 0.05) is 5.57 Å². The number of rotatable bonds is 3. The largest absolute Gasteiger partial charge is 0.393 e. The molecule has 0 spiro atoms. The van der Waals surface area contributed by atoms with Gasteiger partial charge >= 0.3 is 5.97 Å². The lowest BCUT2D eigenvalue weighted by molar-refractivity contribution is -0.190. The molecular weight excluding hydrogens is 198 g/mol. The van der Waals surface area contributed by atoms with Crippen molar-refractivity contribution in [2.24, 2.45) is 5.92 Å². The Kier molecular flexibility index (Phi) is 3.47. The molecule has 1 aliphatic heterocycles. The summed E-state index contributed by atoms with van der Waals surface area (Å²) in [4.78, 5) is 27.5. The van der Waals surface area contributed by atoms with Crippen LogP contribution in [0.4, 0.5) is 0 Å². The Bertz CT molecular complexity index is 298. The minimum Gasteiger partial charge on any atom is -0.393 e. The van der Waals surface area contributed by atoms with E-state index in [1.807, 2.05) is 0 Å². The molecule has 1 fully saturated rings. The molecule has 5 heteroatoms. The maximum atomic E-state index is 11.6. The molecule has 0 bridgehead atoms. The standard InChI is InChI=1S/C10H15NO4/c1-6(2)10(14)15-11-5-4-8(7(3)12)9(11)13/h7-8,12H,1,4-5H2,2-3H3. The summed E-state index contributed by atoms with van der Waals surface area (Å²) < 4.78 is 0. The van der Waals surface area contributed by atoms with E-state index in [9.17, 15) is 14.7 Å². The quantitative estimate of drug-likeness (QED) is 0.682. The number of aliphatic hydroxyl groups excluding tert-OH is 1. The van der Waals surface area contributed by atoms with Gasteiger partial charge in [0.25, 0.3) is 5.91 Å². The Labute approximate surface area is 88.3 Å². The molecule has 15 heavy (non-hydrogen) atoms. The predicted molar refractivity (Wildman–Crippen MR) is 52.4 cm³/mol. The summed E-state index contributed by atoms with van der Waals surface area (Å²) in [5, 5.41) is 10.3. The first-order valence-electron chi connectivity index (χ1n) is 4.80. The Hall–Kier alpha value is -1.36. The first-order chi connectivity index (χ1) is 6.93. The number of hydrogen-bond donors (Lipinski definition) is 1. The van der Waals surface area contributed by atoms with Gasteiger partial charge in [-0.05, 0) is 20.3 Å². The van der Waals surface area contributed by atoms with E-state index in [4.69, 9.17) is 4.84 Å². The van der Waals surface area contributed by atoms with E-state index < -0.39 is 18.0 Å². The van der Waals surface area contributed by atoms with Crippen molar-refractivity contribution >= 4 is 11.9 Å². The molecular formula is C10H15NO4. The van der Waals surface area contributed by atoms with Crippen LogP contribution in [0.15, 0.2) is 12.2 Å². The van der Waals surface area contributed by atoms with Gasteiger partial charge in [0.15, 0.2) is 0 Å². The summed E-state index contributed by atoms with van der Waals surface area (Å²) in [6.07, 6.45) is -0.217. The van der Waals surface area contributed by atoms with Gasteiger partial charge in [-0.15, -0.1) is 0 Å². The van der Waals surface area contributed by atoms with E-state index in [1.165, 1.54) is 6.92 Å². The molecule has 1 heterocycles. The number of carbonyl (C=O) groups excluding carboxylic acids is 2. The average Bonchev–Trinajstić information content (AvgIpc) is 2.48. The molecule has 1 saturated heterocycles. The van der Waals surface area contributed by atoms with Crippen LogP contribution in [0.3, 0.4) is 0 Å². The summed E-state index contributed by atoms with van der Waals surface area (Å²) in [5.74, 6) is -1.43. The second-order valence-corrected chi connectivity index (χ2v) is 3.74. The lowest BCUT2D eigenvalue weighted by atomic mass is 10.0. The van der Waals surface area contributed by atoms with Crippen molar-refractivity contribution in [2.45, 2.75) is 26.4 Å². The summed E-state index contributed by atoms with van der Waals surface area (Å²) in [7, 11) is 0. The van der Waals surface area contributed by atoms with Gasteiger partial charge in [-0.1, -0.05) is 6.58 Å². The third-order valence-corrected chi connectivity index (χ3v) is 2.33. The fourth-order valence-corrected chi connectivity index (χ4v) is 1.39. The second kappa shape index (κ2) is 4.44. The van der Waals surface area contributed by atoms with Crippen LogP contribution in [-0.2, 0) is 14.4 Å². The molecule has 0 aromatic rings. The third-order valence-electron chi connectivity index (χ3n) is 2.33. The van der Waals surface area contributed by atoms with Crippen LogP contribution in [0, 0.1) is 5.92 Å². The zero-order valence-electron chi connectivity index (χ0n) is 8.90. The lowest BCUT2D eigenvalue weighted by Gasteiger charge is -2.16. The predicted octanol–water partition coefficient (Wildman–Crippen LogP) is 0.250. The van der Waals surface area contributed by atoms with Gasteiger partial charge in [0.05, 0.1) is 18.6 Å². The van der Waals surface area contributed by atoms with E-state index in [-0.39, 0.29) is 11.5 Å². The minimum absolute atomic E-state index is 0.239. The van der Waals surface area contributed by atoms with Crippen LogP contribution in [0.5, 0.6) is 0 Å². The van der Waals surface area contributed by atoms with Crippen molar-refractivity contribution in [3.63, 3.8) is 0 Å². The molecule has 1 N–H and O–H groups in total. The molecule has 2 unspecified atom stereocenters. The fraction of sp³-hybridized carbons (Fsp3) is 0.600. The molecule has 2 atom stereocenters. The van der Waals surface area contributed by atoms with Crippen LogP contribution < -0.4 is 0 Å². The highest BCUT2D eigenvalue weighted by Crippen LogP contribution is 2.21. The van der Waals surface area contributed by atoms with Crippen molar-refractivity contribution in [3.8, 4) is 0 Å². The number of amides is 1. The molecule has 5 nitrogen and oxygen atoms in total. The van der Waals surface area contributed by atoms with Crippen LogP contribution in [-0.4, -0.2) is 34.7 Å². The van der Waals surface area contributed by atoms with E-state index in [0.717, 1.165) is 5.06 Å². The molecule has 1 aliphatic rings. The van der Waals surface area contributed by atoms with Gasteiger partial charge in [-0.2, -0.15) is 5.06 Å². The van der Waals surface area contributed by atoms with Gasteiger partial charge < -0.3 is 9.94 Å². The summed E-state index contributed by atoms with van der Waals surface area (Å²) in [6, 6.07) is 0. The zero-order valence-corrected chi connectivity index (χ0v) is 8.90. The monoisotopic (exact) mass is 213 g/mol. The molecule has 0 aromatic carbocycles. The molecule has 84 valence electrons. The smallest absolute Gasteiger partial charge is 0.358 e. The topological polar surface area (TPSA) is 66.8 Å². The highest BCUT2D eigenvalue weighted by molar-refractivity contribution is 5.89. The van der Waals surface area contributed by atoms with Crippen LogP contribution in [0.1, 0.15) is 20.3 Å². The maximum Gasteiger partial charge on any atom is 0.358 e. The number of carbonyl (C=O) groups is 2. The van der Waals surface area contributed by atoms with Crippen molar-refractivity contribution in [1.29, 1.82) is 0 Å². The second-order valence-electron chi connectivity index (χ2n) is 3.74. The van der Waals surface area contributed by atoms with E-state index in [1.54, 1.807) is 6.92 Å². The Morgan fingerprint density at radius 3 is 2.73 bits per heavy atom. The molecule has 0 aliphatic carbocycles. The summed E-state index contributed by atoms with van der Waals surface area (Å²) in [5.41, 5.74) is 0.239. The van der Waals surface area contributed by atoms with Gasteiger partial charge in [0.2, 0.25) is 0 Å². The Morgan fingerprint density at radius 1 is 1.73 bits per heavy atom. The van der Waals surface area contributed by atoms with Crippen LogP contribution in [0.2, 0.25) is 0 Å². The minimum atomic E-state index is -0.717. The van der Waals surface area contributed by atoms with E-state index >= 15 is 0 Å². The van der Waals surface area contributed by atoms with Crippen molar-refractivity contribution in [3.05, 3.63) is 12.2 Å². The SMILES string of the molecule is C=C(C)C(=O)ON1CCC(C(C)O)C1=O. The van der Waals surface area contributed by atoms with E-state index in [0.29, 0.717) is 13.0 Å².